The number of nitrogens with zero attached hydrogens (tertiary/aromatic N) is 3. The van der Waals surface area contributed by atoms with Gasteiger partial charge in [-0.05, 0) is 24.1 Å². The largest absolute Gasteiger partial charge is 0.482 e. The minimum Gasteiger partial charge on any atom is -0.482 e. The third-order valence-electron chi connectivity index (χ3n) is 3.66. The van der Waals surface area contributed by atoms with E-state index in [-0.39, 0.29) is 12.4 Å². The van der Waals surface area contributed by atoms with Crippen LogP contribution in [-0.4, -0.2) is 22.4 Å². The van der Waals surface area contributed by atoms with Gasteiger partial charge in [-0.25, -0.2) is 15.0 Å². The zero-order valence-electron chi connectivity index (χ0n) is 12.3. The molecule has 1 atom stereocenters. The number of ether oxygens (including phenoxy) is 1. The van der Waals surface area contributed by atoms with Crippen molar-refractivity contribution in [2.45, 2.75) is 12.5 Å². The van der Waals surface area contributed by atoms with Crippen molar-refractivity contribution in [3.63, 3.8) is 0 Å². The second-order valence-corrected chi connectivity index (χ2v) is 5.26. The number of nitrogens with two attached hydrogens (primary N) is 1. The first-order valence-electron chi connectivity index (χ1n) is 6.89. The van der Waals surface area contributed by atoms with E-state index in [1.54, 1.807) is 37.5 Å². The van der Waals surface area contributed by atoms with Crippen molar-refractivity contribution in [3.05, 3.63) is 60.4 Å². The maximum Gasteiger partial charge on any atom is 0.310 e. The summed E-state index contributed by atoms with van der Waals surface area (Å²) >= 11 is 0. The van der Waals surface area contributed by atoms with Crippen molar-refractivity contribution in [1.82, 2.24) is 9.97 Å². The lowest BCUT2D eigenvalue weighted by molar-refractivity contribution is 0.159. The van der Waals surface area contributed by atoms with Crippen molar-refractivity contribution in [1.29, 1.82) is 0 Å². The molecule has 0 aliphatic carbocycles. The molecule has 0 bridgehead atoms. The Labute approximate surface area is 131 Å². The van der Waals surface area contributed by atoms with Crippen molar-refractivity contribution in [2.24, 2.45) is 10.7 Å². The van der Waals surface area contributed by atoms with Gasteiger partial charge in [0.2, 0.25) is 0 Å². The summed E-state index contributed by atoms with van der Waals surface area (Å²) in [6.07, 6.45) is 2.82. The van der Waals surface area contributed by atoms with Gasteiger partial charge >= 0.3 is 6.08 Å². The van der Waals surface area contributed by atoms with Gasteiger partial charge in [0.05, 0.1) is 0 Å². The summed E-state index contributed by atoms with van der Waals surface area (Å²) in [5, 5.41) is 0. The lowest BCUT2D eigenvalue weighted by Gasteiger charge is -2.32. The zero-order valence-corrected chi connectivity index (χ0v) is 12.3. The van der Waals surface area contributed by atoms with Crippen molar-refractivity contribution in [3.8, 4) is 11.1 Å². The highest BCUT2D eigenvalue weighted by Gasteiger charge is 2.39. The minimum absolute atomic E-state index is 0.144. The van der Waals surface area contributed by atoms with E-state index in [0.717, 1.165) is 11.1 Å². The van der Waals surface area contributed by atoms with Crippen LogP contribution in [0.4, 0.5) is 8.78 Å². The van der Waals surface area contributed by atoms with E-state index in [2.05, 4.69) is 15.0 Å². The number of hydrogen-bond donors (Lipinski definition) is 1. The third kappa shape index (κ3) is 2.77. The number of benzene rings is 1. The maximum absolute atomic E-state index is 13.3. The molecular weight excluding hydrogens is 302 g/mol. The fourth-order valence-corrected chi connectivity index (χ4v) is 2.54. The van der Waals surface area contributed by atoms with Crippen molar-refractivity contribution < 1.29 is 13.5 Å². The summed E-state index contributed by atoms with van der Waals surface area (Å²) in [6, 6.07) is 7.07. The molecule has 0 amide bonds. The van der Waals surface area contributed by atoms with Gasteiger partial charge in [-0.2, -0.15) is 8.78 Å². The molecule has 1 unspecified atom stereocenters. The van der Waals surface area contributed by atoms with Crippen molar-refractivity contribution >= 4 is 5.84 Å². The maximum atomic E-state index is 13.3. The van der Waals surface area contributed by atoms with Gasteiger partial charge in [0.25, 0.3) is 0 Å². The molecule has 7 heteroatoms. The molecule has 1 aromatic heterocycles. The normalized spacial score (nSPS) is 20.7. The third-order valence-corrected chi connectivity index (χ3v) is 3.66. The van der Waals surface area contributed by atoms with Crippen LogP contribution in [0.2, 0.25) is 0 Å². The number of amidine groups is 1. The number of aliphatic imine (C=N–C) groups is 1. The molecule has 1 aliphatic rings. The highest BCUT2D eigenvalue weighted by molar-refractivity contribution is 5.83. The Morgan fingerprint density at radius 2 is 1.96 bits per heavy atom. The average Bonchev–Trinajstić information content (AvgIpc) is 2.55. The van der Waals surface area contributed by atoms with Crippen LogP contribution in [0.1, 0.15) is 12.5 Å². The van der Waals surface area contributed by atoms with Crippen LogP contribution in [-0.2, 0) is 10.3 Å². The van der Waals surface area contributed by atoms with Crippen LogP contribution < -0.4 is 5.73 Å². The molecule has 0 fully saturated rings. The minimum atomic E-state index is -1.91. The monoisotopic (exact) mass is 316 g/mol. The molecule has 2 heterocycles. The molecule has 1 aromatic carbocycles. The fraction of sp³-hybridized carbons (Fsp3) is 0.188. The van der Waals surface area contributed by atoms with Gasteiger partial charge in [0.15, 0.2) is 5.76 Å². The summed E-state index contributed by atoms with van der Waals surface area (Å²) in [4.78, 5) is 12.1. The van der Waals surface area contributed by atoms with Crippen LogP contribution in [0.15, 0.2) is 59.8 Å². The summed E-state index contributed by atoms with van der Waals surface area (Å²) in [7, 11) is 0. The predicted octanol–water partition coefficient (Wildman–Crippen LogP) is 2.85. The molecule has 0 radical (unpaired) electrons. The van der Waals surface area contributed by atoms with Crippen LogP contribution in [0.3, 0.4) is 0 Å². The molecule has 5 nitrogen and oxygen atoms in total. The standard InChI is InChI=1S/C16H14F2N4O/c1-16(14(15(17)18)23-8-13(19)22-16)12-4-2-3-10(5-12)11-6-20-9-21-7-11/h2-7,9H,8H2,1H3,(H2,19,22). The molecule has 3 rings (SSSR count). The quantitative estimate of drug-likeness (QED) is 0.924. The summed E-state index contributed by atoms with van der Waals surface area (Å²) in [5.41, 5.74) is 6.44. The number of rotatable bonds is 2. The van der Waals surface area contributed by atoms with E-state index in [0.29, 0.717) is 5.56 Å². The lowest BCUT2D eigenvalue weighted by atomic mass is 9.88. The summed E-state index contributed by atoms with van der Waals surface area (Å²) in [6.45, 7) is 1.41. The fourth-order valence-electron chi connectivity index (χ4n) is 2.54. The first kappa shape index (κ1) is 15.1. The van der Waals surface area contributed by atoms with Gasteiger partial charge in [-0.15, -0.1) is 0 Å². The van der Waals surface area contributed by atoms with Gasteiger partial charge in [-0.3, -0.25) is 0 Å². The number of halogens is 2. The van der Waals surface area contributed by atoms with E-state index < -0.39 is 17.4 Å². The second kappa shape index (κ2) is 5.75. The van der Waals surface area contributed by atoms with E-state index in [9.17, 15) is 8.78 Å². The van der Waals surface area contributed by atoms with E-state index >= 15 is 0 Å². The Kier molecular flexibility index (Phi) is 3.77. The predicted molar refractivity (Wildman–Crippen MR) is 81.6 cm³/mol. The highest BCUT2D eigenvalue weighted by atomic mass is 19.3. The Morgan fingerprint density at radius 3 is 2.65 bits per heavy atom. The van der Waals surface area contributed by atoms with Crippen LogP contribution in [0.25, 0.3) is 11.1 Å². The topological polar surface area (TPSA) is 73.4 Å². The lowest BCUT2D eigenvalue weighted by Crippen LogP contribution is -2.36. The molecule has 1 aliphatic heterocycles. The SMILES string of the molecule is CC1(c2cccc(-c3cncnc3)c2)N=C(N)COC1=C(F)F. The summed E-state index contributed by atoms with van der Waals surface area (Å²) < 4.78 is 31.7. The van der Waals surface area contributed by atoms with Gasteiger partial charge in [-0.1, -0.05) is 18.2 Å². The van der Waals surface area contributed by atoms with Gasteiger partial charge in [0, 0.05) is 18.0 Å². The van der Waals surface area contributed by atoms with Gasteiger partial charge in [0.1, 0.15) is 24.3 Å². The molecule has 118 valence electrons. The Balaban J connectivity index is 2.13. The second-order valence-electron chi connectivity index (χ2n) is 5.26. The Hall–Kier alpha value is -2.83. The highest BCUT2D eigenvalue weighted by Crippen LogP contribution is 2.40. The average molecular weight is 316 g/mol. The van der Waals surface area contributed by atoms with Gasteiger partial charge < -0.3 is 10.5 Å². The molecule has 2 aromatic rings. The molecule has 0 saturated carbocycles. The Bertz CT molecular complexity index is 788. The zero-order chi connectivity index (χ0) is 16.4. The smallest absolute Gasteiger partial charge is 0.310 e. The van der Waals surface area contributed by atoms with Crippen molar-refractivity contribution in [2.75, 3.05) is 6.61 Å². The van der Waals surface area contributed by atoms with Crippen LogP contribution in [0.5, 0.6) is 0 Å². The molecule has 23 heavy (non-hydrogen) atoms. The number of hydrogen-bond acceptors (Lipinski definition) is 5. The van der Waals surface area contributed by atoms with E-state index in [1.165, 1.54) is 6.33 Å². The van der Waals surface area contributed by atoms with E-state index in [4.69, 9.17) is 10.5 Å². The van der Waals surface area contributed by atoms with E-state index in [1.807, 2.05) is 6.07 Å². The molecular formula is C16H14F2N4O. The van der Waals surface area contributed by atoms with Crippen LogP contribution in [0, 0.1) is 0 Å². The molecule has 0 spiro atoms. The molecule has 0 saturated heterocycles. The van der Waals surface area contributed by atoms with Crippen LogP contribution >= 0.6 is 0 Å². The molecule has 2 N–H and O–H groups in total. The number of aromatic nitrogens is 2. The first-order valence-corrected chi connectivity index (χ1v) is 6.89. The Morgan fingerprint density at radius 1 is 1.22 bits per heavy atom. The summed E-state index contributed by atoms with van der Waals surface area (Å²) in [5.74, 6) is -0.306. The first-order chi connectivity index (χ1) is 11.0.